The van der Waals surface area contributed by atoms with Crippen molar-refractivity contribution in [2.45, 2.75) is 14.5 Å². The number of halogens is 1. The van der Waals surface area contributed by atoms with Crippen LogP contribution in [0.25, 0.3) is 0 Å². The van der Waals surface area contributed by atoms with Gasteiger partial charge in [-0.1, -0.05) is 48.2 Å². The van der Waals surface area contributed by atoms with Gasteiger partial charge in [-0.25, -0.2) is 0 Å². The molecule has 1 radical (unpaired) electrons. The van der Waals surface area contributed by atoms with Crippen molar-refractivity contribution in [2.24, 2.45) is 0 Å². The lowest BCUT2D eigenvalue weighted by Gasteiger charge is -2.13. The third-order valence-corrected chi connectivity index (χ3v) is 5.08. The Labute approximate surface area is 127 Å². The summed E-state index contributed by atoms with van der Waals surface area (Å²) in [5, 5.41) is 9.83. The third-order valence-electron chi connectivity index (χ3n) is 2.27. The lowest BCUT2D eigenvalue weighted by Crippen LogP contribution is -2.02. The van der Waals surface area contributed by atoms with Gasteiger partial charge in [-0.15, -0.1) is 23.4 Å². The van der Waals surface area contributed by atoms with Crippen LogP contribution in [-0.2, 0) is 0 Å². The van der Waals surface area contributed by atoms with Crippen LogP contribution in [0.2, 0.25) is 0 Å². The van der Waals surface area contributed by atoms with Crippen LogP contribution in [0, 0.1) is 16.6 Å². The van der Waals surface area contributed by atoms with Crippen LogP contribution < -0.4 is 0 Å². The fraction of sp³-hybridized carbons (Fsp3) is 0.0667. The molecule has 2 aromatic carbocycles. The van der Waals surface area contributed by atoms with E-state index in [4.69, 9.17) is 11.6 Å². The van der Waals surface area contributed by atoms with Gasteiger partial charge in [0.05, 0.1) is 6.07 Å². The molecule has 0 aliphatic carbocycles. The Morgan fingerprint density at radius 3 is 2.00 bits per heavy atom. The molecular formula is C15H11ClNS2. The second-order valence-corrected chi connectivity index (χ2v) is 6.63. The summed E-state index contributed by atoms with van der Waals surface area (Å²) in [6.07, 6.45) is 0. The van der Waals surface area contributed by atoms with Crippen LogP contribution in [0.5, 0.6) is 0 Å². The van der Waals surface area contributed by atoms with Crippen LogP contribution >= 0.6 is 35.1 Å². The number of thioether (sulfide) groups is 2. The number of hydrogen-bond acceptors (Lipinski definition) is 3. The van der Waals surface area contributed by atoms with Crippen molar-refractivity contribution in [1.29, 1.82) is 5.26 Å². The van der Waals surface area contributed by atoms with E-state index in [1.807, 2.05) is 60.7 Å². The molecule has 95 valence electrons. The summed E-state index contributed by atoms with van der Waals surface area (Å²) < 4.78 is -0.363. The third kappa shape index (κ3) is 4.50. The molecule has 0 aromatic heterocycles. The van der Waals surface area contributed by atoms with E-state index in [1.54, 1.807) is 0 Å². The van der Waals surface area contributed by atoms with Crippen molar-refractivity contribution in [3.8, 4) is 6.07 Å². The molecule has 0 spiro atoms. The zero-order valence-electron chi connectivity index (χ0n) is 9.99. The zero-order valence-corrected chi connectivity index (χ0v) is 12.4. The van der Waals surface area contributed by atoms with Crippen molar-refractivity contribution in [2.75, 3.05) is 0 Å². The van der Waals surface area contributed by atoms with Gasteiger partial charge in [0.1, 0.15) is 4.71 Å². The van der Waals surface area contributed by atoms with Gasteiger partial charge in [0.15, 0.2) is 5.25 Å². The molecule has 4 heteroatoms. The topological polar surface area (TPSA) is 23.8 Å². The monoisotopic (exact) mass is 304 g/mol. The molecule has 0 saturated carbocycles. The van der Waals surface area contributed by atoms with Gasteiger partial charge in [-0.05, 0) is 24.3 Å². The highest BCUT2D eigenvalue weighted by Gasteiger charge is 2.22. The summed E-state index contributed by atoms with van der Waals surface area (Å²) in [5.74, 6) is 0. The molecule has 0 amide bonds. The maximum Gasteiger partial charge on any atom is 0.163 e. The molecule has 0 aliphatic heterocycles. The number of hydrogen-bond donors (Lipinski definition) is 0. The fourth-order valence-corrected chi connectivity index (χ4v) is 3.59. The molecule has 0 saturated heterocycles. The van der Waals surface area contributed by atoms with Crippen LogP contribution in [0.1, 0.15) is 0 Å². The van der Waals surface area contributed by atoms with E-state index < -0.39 is 0 Å². The first-order chi connectivity index (χ1) is 9.29. The minimum atomic E-state index is -0.363. The van der Waals surface area contributed by atoms with Crippen LogP contribution in [-0.4, -0.2) is 4.71 Å². The molecule has 2 rings (SSSR count). The molecule has 0 N–H and O–H groups in total. The maximum absolute atomic E-state index is 9.23. The standard InChI is InChI=1S/C15H11ClNS2/c16-15(19-13-9-5-2-6-10-13)14(11-17)18-12-7-3-1-4-8-12/h1-10,15H. The molecule has 2 aromatic rings. The number of rotatable bonds is 5. The van der Waals surface area contributed by atoms with E-state index in [0.717, 1.165) is 9.79 Å². The van der Waals surface area contributed by atoms with Gasteiger partial charge >= 0.3 is 0 Å². The largest absolute Gasteiger partial charge is 0.197 e. The van der Waals surface area contributed by atoms with Crippen LogP contribution in [0.3, 0.4) is 0 Å². The van der Waals surface area contributed by atoms with Crippen LogP contribution in [0.4, 0.5) is 0 Å². The van der Waals surface area contributed by atoms with E-state index in [0.29, 0.717) is 5.25 Å². The minimum Gasteiger partial charge on any atom is -0.197 e. The van der Waals surface area contributed by atoms with Crippen LogP contribution in [0.15, 0.2) is 70.5 Å². The number of nitrogens with zero attached hydrogens (tertiary/aromatic N) is 1. The lowest BCUT2D eigenvalue weighted by atomic mass is 10.4. The maximum atomic E-state index is 9.23. The highest BCUT2D eigenvalue weighted by molar-refractivity contribution is 8.06. The summed E-state index contributed by atoms with van der Waals surface area (Å²) >= 11 is 9.21. The summed E-state index contributed by atoms with van der Waals surface area (Å²) in [5.41, 5.74) is 0. The smallest absolute Gasteiger partial charge is 0.163 e. The Balaban J connectivity index is 2.00. The number of benzene rings is 2. The van der Waals surface area contributed by atoms with Gasteiger partial charge in [0.2, 0.25) is 0 Å². The SMILES string of the molecule is N#C[C](Sc1ccccc1)C(Cl)Sc1ccccc1. The summed E-state index contributed by atoms with van der Waals surface area (Å²) in [4.78, 5) is 2.09. The van der Waals surface area contributed by atoms with E-state index in [9.17, 15) is 5.26 Å². The summed E-state index contributed by atoms with van der Waals surface area (Å²) in [6, 6.07) is 21.8. The first kappa shape index (κ1) is 14.3. The first-order valence-corrected chi connectivity index (χ1v) is 7.78. The fourth-order valence-electron chi connectivity index (χ4n) is 1.41. The highest BCUT2D eigenvalue weighted by atomic mass is 35.5. The predicted molar refractivity (Wildman–Crippen MR) is 83.1 cm³/mol. The van der Waals surface area contributed by atoms with E-state index in [1.165, 1.54) is 23.5 Å². The van der Waals surface area contributed by atoms with Gasteiger partial charge in [-0.2, -0.15) is 5.26 Å². The minimum absolute atomic E-state index is 0.363. The number of nitriles is 1. The average molecular weight is 305 g/mol. The van der Waals surface area contributed by atoms with Gasteiger partial charge in [-0.3, -0.25) is 0 Å². The molecular weight excluding hydrogens is 294 g/mol. The van der Waals surface area contributed by atoms with Gasteiger partial charge in [0.25, 0.3) is 0 Å². The molecule has 0 heterocycles. The van der Waals surface area contributed by atoms with Crippen molar-refractivity contribution < 1.29 is 0 Å². The molecule has 1 atom stereocenters. The van der Waals surface area contributed by atoms with Gasteiger partial charge in [0, 0.05) is 9.79 Å². The Bertz CT molecular complexity index is 539. The number of alkyl halides is 1. The lowest BCUT2D eigenvalue weighted by molar-refractivity contribution is 1.34. The Morgan fingerprint density at radius 1 is 0.947 bits per heavy atom. The van der Waals surface area contributed by atoms with Crippen molar-refractivity contribution >= 4 is 35.1 Å². The van der Waals surface area contributed by atoms with E-state index in [2.05, 4.69) is 6.07 Å². The molecule has 0 bridgehead atoms. The second-order valence-electron chi connectivity index (χ2n) is 3.64. The van der Waals surface area contributed by atoms with Crippen molar-refractivity contribution in [1.82, 2.24) is 0 Å². The van der Waals surface area contributed by atoms with Gasteiger partial charge < -0.3 is 0 Å². The molecule has 0 aliphatic rings. The van der Waals surface area contributed by atoms with Crippen molar-refractivity contribution in [3.63, 3.8) is 0 Å². The molecule has 0 fully saturated rings. The first-order valence-electron chi connectivity index (χ1n) is 5.65. The van der Waals surface area contributed by atoms with Crippen molar-refractivity contribution in [3.05, 3.63) is 65.9 Å². The zero-order chi connectivity index (χ0) is 13.5. The highest BCUT2D eigenvalue weighted by Crippen LogP contribution is 2.40. The molecule has 19 heavy (non-hydrogen) atoms. The Hall–Kier alpha value is -1.08. The molecule has 1 nitrogen and oxygen atoms in total. The normalized spacial score (nSPS) is 12.1. The Kier molecular flexibility index (Phi) is 5.65. The molecule has 1 unspecified atom stereocenters. The van der Waals surface area contributed by atoms with E-state index >= 15 is 0 Å². The Morgan fingerprint density at radius 2 is 1.47 bits per heavy atom. The second kappa shape index (κ2) is 7.49. The summed E-state index contributed by atoms with van der Waals surface area (Å²) in [6.45, 7) is 0. The average Bonchev–Trinajstić information content (AvgIpc) is 2.47. The quantitative estimate of drug-likeness (QED) is 0.561. The van der Waals surface area contributed by atoms with E-state index in [-0.39, 0.29) is 4.71 Å². The predicted octanol–water partition coefficient (Wildman–Crippen LogP) is 5.19. The summed E-state index contributed by atoms with van der Waals surface area (Å²) in [7, 11) is 0.